The highest BCUT2D eigenvalue weighted by molar-refractivity contribution is 5.94. The number of nitrogens with two attached hydrogens (primary N) is 3. The van der Waals surface area contributed by atoms with Gasteiger partial charge >= 0.3 is 5.97 Å². The van der Waals surface area contributed by atoms with Crippen LogP contribution in [0.1, 0.15) is 24.2 Å². The first-order chi connectivity index (χ1) is 18.1. The van der Waals surface area contributed by atoms with E-state index in [-0.39, 0.29) is 38.2 Å². The maximum Gasteiger partial charge on any atom is 0.326 e. The molecule has 0 aromatic carbocycles. The Hall–Kier alpha value is -4.51. The molecule has 0 saturated heterocycles. The first-order valence-corrected chi connectivity index (χ1v) is 11.6. The second-order valence-electron chi connectivity index (χ2n) is 8.32. The molecular formula is C21H33N11O6. The fraction of sp³-hybridized carbons (Fsp3) is 0.476. The van der Waals surface area contributed by atoms with Gasteiger partial charge in [0.05, 0.1) is 25.3 Å². The maximum atomic E-state index is 13.0. The number of aliphatic carboxylic acids is 1. The Morgan fingerprint density at radius 3 is 1.97 bits per heavy atom. The Morgan fingerprint density at radius 2 is 1.45 bits per heavy atom. The van der Waals surface area contributed by atoms with Crippen molar-refractivity contribution < 1.29 is 29.4 Å². The van der Waals surface area contributed by atoms with Crippen molar-refractivity contribution in [3.63, 3.8) is 0 Å². The predicted octanol–water partition coefficient (Wildman–Crippen LogP) is -4.17. The van der Waals surface area contributed by atoms with Crippen molar-refractivity contribution in [2.45, 2.75) is 49.9 Å². The van der Waals surface area contributed by atoms with E-state index in [1.54, 1.807) is 0 Å². The van der Waals surface area contributed by atoms with Crippen LogP contribution in [0.5, 0.6) is 0 Å². The zero-order valence-electron chi connectivity index (χ0n) is 20.5. The Balaban J connectivity index is 2.06. The van der Waals surface area contributed by atoms with Gasteiger partial charge in [-0.2, -0.15) is 0 Å². The van der Waals surface area contributed by atoms with Crippen molar-refractivity contribution in [1.82, 2.24) is 35.9 Å². The highest BCUT2D eigenvalue weighted by Crippen LogP contribution is 2.04. The molecular weight excluding hydrogens is 502 g/mol. The van der Waals surface area contributed by atoms with E-state index in [1.807, 2.05) is 0 Å². The Morgan fingerprint density at radius 1 is 0.895 bits per heavy atom. The summed E-state index contributed by atoms with van der Waals surface area (Å²) < 4.78 is 0. The summed E-state index contributed by atoms with van der Waals surface area (Å²) >= 11 is 0. The summed E-state index contributed by atoms with van der Waals surface area (Å²) in [4.78, 5) is 67.0. The van der Waals surface area contributed by atoms with Gasteiger partial charge in [-0.25, -0.2) is 14.8 Å². The van der Waals surface area contributed by atoms with Crippen LogP contribution < -0.4 is 33.2 Å². The van der Waals surface area contributed by atoms with Gasteiger partial charge in [-0.1, -0.05) is 0 Å². The third kappa shape index (κ3) is 9.86. The molecule has 17 heteroatoms. The topological polar surface area (TPSA) is 293 Å². The van der Waals surface area contributed by atoms with Gasteiger partial charge in [0.2, 0.25) is 17.7 Å². The van der Waals surface area contributed by atoms with Crippen LogP contribution in [-0.4, -0.2) is 97.1 Å². The summed E-state index contributed by atoms with van der Waals surface area (Å²) in [6.45, 7) is -0.643. The van der Waals surface area contributed by atoms with Crippen molar-refractivity contribution in [3.05, 3.63) is 36.4 Å². The van der Waals surface area contributed by atoms with Crippen molar-refractivity contribution in [1.29, 1.82) is 0 Å². The molecule has 2 heterocycles. The summed E-state index contributed by atoms with van der Waals surface area (Å²) in [5.41, 5.74) is 17.6. The molecule has 2 aromatic heterocycles. The summed E-state index contributed by atoms with van der Waals surface area (Å²) in [6.07, 6.45) is 6.00. The molecule has 0 radical (unpaired) electrons. The smallest absolute Gasteiger partial charge is 0.326 e. The van der Waals surface area contributed by atoms with E-state index in [4.69, 9.17) is 17.2 Å². The summed E-state index contributed by atoms with van der Waals surface area (Å²) in [5, 5.41) is 26.4. The number of rotatable bonds is 16. The molecule has 0 aliphatic heterocycles. The molecule has 38 heavy (non-hydrogen) atoms. The number of imidazole rings is 2. The fourth-order valence-corrected chi connectivity index (χ4v) is 3.33. The van der Waals surface area contributed by atoms with Gasteiger partial charge in [0.15, 0.2) is 5.96 Å². The zero-order chi connectivity index (χ0) is 28.1. The van der Waals surface area contributed by atoms with E-state index in [9.17, 15) is 29.4 Å². The SMILES string of the molecule is NC(N)=NCCCC(NC(=O)C(CO)NC(=O)C(N)Cc1cnc[nH]1)C(=O)NC(Cc1cnc[nH]1)C(=O)O. The Bertz CT molecular complexity index is 1070. The number of aliphatic hydroxyl groups excluding tert-OH is 1. The summed E-state index contributed by atoms with van der Waals surface area (Å²) in [6, 6.07) is -5.03. The lowest BCUT2D eigenvalue weighted by Gasteiger charge is -2.24. The zero-order valence-corrected chi connectivity index (χ0v) is 20.5. The number of carbonyl (C=O) groups is 4. The molecule has 0 spiro atoms. The van der Waals surface area contributed by atoms with Crippen LogP contribution >= 0.6 is 0 Å². The molecule has 2 aromatic rings. The lowest BCUT2D eigenvalue weighted by Crippen LogP contribution is -2.58. The van der Waals surface area contributed by atoms with Crippen LogP contribution in [0.4, 0.5) is 0 Å². The normalized spacial score (nSPS) is 13.9. The number of aromatic amines is 2. The number of aliphatic hydroxyl groups is 1. The van der Waals surface area contributed by atoms with Crippen LogP contribution in [0.25, 0.3) is 0 Å². The molecule has 13 N–H and O–H groups in total. The van der Waals surface area contributed by atoms with E-state index in [0.717, 1.165) is 0 Å². The molecule has 0 aliphatic carbocycles. The van der Waals surface area contributed by atoms with Crippen LogP contribution in [0.3, 0.4) is 0 Å². The monoisotopic (exact) mass is 535 g/mol. The second kappa shape index (κ2) is 14.9. The van der Waals surface area contributed by atoms with E-state index in [2.05, 4.69) is 40.9 Å². The third-order valence-corrected chi connectivity index (χ3v) is 5.32. The molecule has 0 fully saturated rings. The number of aliphatic imine (C=N–C) groups is 1. The van der Waals surface area contributed by atoms with E-state index in [1.165, 1.54) is 25.0 Å². The number of guanidine groups is 1. The van der Waals surface area contributed by atoms with Gasteiger partial charge < -0.3 is 53.3 Å². The van der Waals surface area contributed by atoms with E-state index in [0.29, 0.717) is 11.4 Å². The predicted molar refractivity (Wildman–Crippen MR) is 133 cm³/mol. The molecule has 3 amide bonds. The molecule has 0 bridgehead atoms. The van der Waals surface area contributed by atoms with Gasteiger partial charge in [0, 0.05) is 43.2 Å². The van der Waals surface area contributed by atoms with Crippen LogP contribution in [0, 0.1) is 0 Å². The van der Waals surface area contributed by atoms with Crippen molar-refractivity contribution in [3.8, 4) is 0 Å². The van der Waals surface area contributed by atoms with Crippen molar-refractivity contribution >= 4 is 29.7 Å². The minimum Gasteiger partial charge on any atom is -0.480 e. The molecule has 0 saturated carbocycles. The number of H-pyrrole nitrogens is 2. The maximum absolute atomic E-state index is 13.0. The van der Waals surface area contributed by atoms with Crippen molar-refractivity contribution in [2.24, 2.45) is 22.2 Å². The number of nitrogens with zero attached hydrogens (tertiary/aromatic N) is 3. The molecule has 208 valence electrons. The number of aromatic nitrogens is 4. The van der Waals surface area contributed by atoms with Gasteiger partial charge in [0.25, 0.3) is 0 Å². The lowest BCUT2D eigenvalue weighted by atomic mass is 10.1. The van der Waals surface area contributed by atoms with Crippen LogP contribution in [0.15, 0.2) is 30.0 Å². The minimum absolute atomic E-state index is 0.0240. The first-order valence-electron chi connectivity index (χ1n) is 11.6. The molecule has 17 nitrogen and oxygen atoms in total. The standard InChI is InChI=1S/C21H33N11O6/c22-13(4-11-6-25-9-28-11)17(34)32-16(8-33)19(36)30-14(2-1-3-27-21(23)24)18(35)31-15(20(37)38)5-12-7-26-10-29-12/h6-7,9-10,13-16,33H,1-5,8,22H2,(H,25,28)(H,26,29)(H,30,36)(H,31,35)(H,32,34)(H,37,38)(H4,23,24,27). The summed E-state index contributed by atoms with van der Waals surface area (Å²) in [7, 11) is 0. The van der Waals surface area contributed by atoms with Gasteiger partial charge in [-0.3, -0.25) is 19.4 Å². The highest BCUT2D eigenvalue weighted by atomic mass is 16.4. The molecule has 0 aliphatic rings. The van der Waals surface area contributed by atoms with E-state index < -0.39 is 54.5 Å². The van der Waals surface area contributed by atoms with E-state index >= 15 is 0 Å². The number of carbonyl (C=O) groups excluding carboxylic acids is 3. The minimum atomic E-state index is -1.43. The molecule has 2 rings (SSSR count). The number of nitrogens with one attached hydrogen (secondary N) is 5. The molecule has 4 unspecified atom stereocenters. The summed E-state index contributed by atoms with van der Waals surface area (Å²) in [5.74, 6) is -3.85. The third-order valence-electron chi connectivity index (χ3n) is 5.32. The number of carboxylic acids is 1. The van der Waals surface area contributed by atoms with Crippen LogP contribution in [0.2, 0.25) is 0 Å². The highest BCUT2D eigenvalue weighted by Gasteiger charge is 2.30. The number of hydrogen-bond acceptors (Lipinski definition) is 9. The van der Waals surface area contributed by atoms with Crippen molar-refractivity contribution in [2.75, 3.05) is 13.2 Å². The van der Waals surface area contributed by atoms with Gasteiger partial charge in [-0.05, 0) is 12.8 Å². The quantitative estimate of drug-likeness (QED) is 0.0558. The fourth-order valence-electron chi connectivity index (χ4n) is 3.33. The van der Waals surface area contributed by atoms with Gasteiger partial charge in [-0.15, -0.1) is 0 Å². The first kappa shape index (κ1) is 29.7. The average molecular weight is 536 g/mol. The van der Waals surface area contributed by atoms with Gasteiger partial charge in [0.1, 0.15) is 18.1 Å². The molecule has 4 atom stereocenters. The van der Waals surface area contributed by atoms with Crippen LogP contribution in [-0.2, 0) is 32.0 Å². The average Bonchev–Trinajstić information content (AvgIpc) is 3.57. The lowest BCUT2D eigenvalue weighted by molar-refractivity contribution is -0.142. The Kier molecular flexibility index (Phi) is 11.7. The Labute approximate surface area is 217 Å². The number of amides is 3. The largest absolute Gasteiger partial charge is 0.480 e. The number of hydrogen-bond donors (Lipinski definition) is 10. The number of carboxylic acid groups (broad SMARTS) is 1. The second-order valence-corrected chi connectivity index (χ2v) is 8.32.